The molecule has 0 aliphatic rings. The Labute approximate surface area is 184 Å². The van der Waals surface area contributed by atoms with Gasteiger partial charge in [-0.25, -0.2) is 8.42 Å². The van der Waals surface area contributed by atoms with Crippen LogP contribution in [0.5, 0.6) is 11.5 Å². The van der Waals surface area contributed by atoms with E-state index in [4.69, 9.17) is 4.74 Å². The highest BCUT2D eigenvalue weighted by Crippen LogP contribution is 2.32. The molecule has 8 heteroatoms. The summed E-state index contributed by atoms with van der Waals surface area (Å²) in [7, 11) is -1.86. The first-order valence-electron chi connectivity index (χ1n) is 9.42. The van der Waals surface area contributed by atoms with Crippen LogP contribution in [0.15, 0.2) is 78.9 Å². The van der Waals surface area contributed by atoms with Gasteiger partial charge in [-0.1, -0.05) is 30.3 Å². The van der Waals surface area contributed by atoms with Crippen molar-refractivity contribution in [1.82, 2.24) is 0 Å². The first kappa shape index (κ1) is 20.9. The number of hydrogen-bond acceptors (Lipinski definition) is 5. The fourth-order valence-electron chi connectivity index (χ4n) is 2.99. The van der Waals surface area contributed by atoms with Gasteiger partial charge in [-0.05, 0) is 53.9 Å². The molecule has 0 unspecified atom stereocenters. The molecule has 1 heterocycles. The molecule has 0 radical (unpaired) electrons. The minimum atomic E-state index is -3.36. The van der Waals surface area contributed by atoms with Crippen molar-refractivity contribution >= 4 is 48.7 Å². The van der Waals surface area contributed by atoms with Gasteiger partial charge in [0.15, 0.2) is 5.75 Å². The molecule has 0 saturated heterocycles. The SMILES string of the molecule is CN(c1ccc2sc(C(=O)Nc3ccccc3Oc3ccccc3)cc2c1)S(C)(=O)=O. The third kappa shape index (κ3) is 4.70. The average molecular weight is 453 g/mol. The van der Waals surface area contributed by atoms with E-state index in [-0.39, 0.29) is 5.91 Å². The van der Waals surface area contributed by atoms with Gasteiger partial charge in [0.25, 0.3) is 5.91 Å². The van der Waals surface area contributed by atoms with Crippen LogP contribution >= 0.6 is 11.3 Å². The fraction of sp³-hybridized carbons (Fsp3) is 0.0870. The smallest absolute Gasteiger partial charge is 0.265 e. The van der Waals surface area contributed by atoms with Crippen LogP contribution < -0.4 is 14.4 Å². The molecule has 4 aromatic rings. The van der Waals surface area contributed by atoms with E-state index in [0.717, 1.165) is 16.3 Å². The molecule has 1 aromatic heterocycles. The number of sulfonamides is 1. The first-order valence-corrected chi connectivity index (χ1v) is 12.1. The van der Waals surface area contributed by atoms with Crippen molar-refractivity contribution in [3.63, 3.8) is 0 Å². The Morgan fingerprint density at radius 1 is 0.968 bits per heavy atom. The van der Waals surface area contributed by atoms with Crippen LogP contribution in [0.3, 0.4) is 0 Å². The van der Waals surface area contributed by atoms with Crippen molar-refractivity contribution in [2.75, 3.05) is 22.9 Å². The van der Waals surface area contributed by atoms with Gasteiger partial charge in [0.05, 0.1) is 22.5 Å². The Balaban J connectivity index is 1.58. The molecule has 0 atom stereocenters. The Hall–Kier alpha value is -3.36. The van der Waals surface area contributed by atoms with E-state index in [1.54, 1.807) is 30.3 Å². The number of carbonyl (C=O) groups excluding carboxylic acids is 1. The van der Waals surface area contributed by atoms with Gasteiger partial charge < -0.3 is 10.1 Å². The largest absolute Gasteiger partial charge is 0.455 e. The van der Waals surface area contributed by atoms with Crippen molar-refractivity contribution in [3.8, 4) is 11.5 Å². The van der Waals surface area contributed by atoms with E-state index in [2.05, 4.69) is 5.32 Å². The standard InChI is InChI=1S/C23H20N2O4S2/c1-25(31(2,27)28)17-12-13-21-16(14-17)15-22(30-21)23(26)24-19-10-6-7-11-20(19)29-18-8-4-3-5-9-18/h3-15H,1-2H3,(H,24,26). The summed E-state index contributed by atoms with van der Waals surface area (Å²) in [5.41, 5.74) is 1.10. The predicted octanol–water partition coefficient (Wildman–Crippen LogP) is 5.34. The normalized spacial score (nSPS) is 11.3. The predicted molar refractivity (Wildman–Crippen MR) is 126 cm³/mol. The third-order valence-corrected chi connectivity index (χ3v) is 7.01. The van der Waals surface area contributed by atoms with Crippen LogP contribution in [-0.4, -0.2) is 27.6 Å². The third-order valence-electron chi connectivity index (χ3n) is 4.69. The number of rotatable bonds is 6. The maximum Gasteiger partial charge on any atom is 0.265 e. The summed E-state index contributed by atoms with van der Waals surface area (Å²) in [6, 6.07) is 23.7. The quantitative estimate of drug-likeness (QED) is 0.428. The van der Waals surface area contributed by atoms with Crippen molar-refractivity contribution < 1.29 is 17.9 Å². The summed E-state index contributed by atoms with van der Waals surface area (Å²) in [6.07, 6.45) is 1.15. The van der Waals surface area contributed by atoms with Crippen LogP contribution in [0, 0.1) is 0 Å². The summed E-state index contributed by atoms with van der Waals surface area (Å²) in [4.78, 5) is 13.4. The van der Waals surface area contributed by atoms with Crippen molar-refractivity contribution in [2.24, 2.45) is 0 Å². The zero-order valence-corrected chi connectivity index (χ0v) is 18.5. The van der Waals surface area contributed by atoms with Crippen LogP contribution in [0.2, 0.25) is 0 Å². The second-order valence-electron chi connectivity index (χ2n) is 6.93. The lowest BCUT2D eigenvalue weighted by atomic mass is 10.2. The number of nitrogens with one attached hydrogen (secondary N) is 1. The summed E-state index contributed by atoms with van der Waals surface area (Å²) in [5, 5.41) is 3.71. The maximum atomic E-state index is 12.9. The van der Waals surface area contributed by atoms with E-state index in [1.807, 2.05) is 48.5 Å². The number of para-hydroxylation sites is 3. The van der Waals surface area contributed by atoms with Gasteiger partial charge in [0.2, 0.25) is 10.0 Å². The zero-order chi connectivity index (χ0) is 22.0. The Morgan fingerprint density at radius 2 is 1.68 bits per heavy atom. The number of hydrogen-bond donors (Lipinski definition) is 1. The van der Waals surface area contributed by atoms with E-state index in [1.165, 1.54) is 22.7 Å². The summed E-state index contributed by atoms with van der Waals surface area (Å²) >= 11 is 1.34. The number of benzene rings is 3. The summed E-state index contributed by atoms with van der Waals surface area (Å²) in [5.74, 6) is 0.956. The molecule has 31 heavy (non-hydrogen) atoms. The highest BCUT2D eigenvalue weighted by Gasteiger charge is 2.16. The number of ether oxygens (including phenoxy) is 1. The van der Waals surface area contributed by atoms with Crippen molar-refractivity contribution in [3.05, 3.63) is 83.7 Å². The molecule has 3 aromatic carbocycles. The van der Waals surface area contributed by atoms with E-state index in [9.17, 15) is 13.2 Å². The van der Waals surface area contributed by atoms with Gasteiger partial charge in [0, 0.05) is 11.7 Å². The minimum Gasteiger partial charge on any atom is -0.455 e. The summed E-state index contributed by atoms with van der Waals surface area (Å²) in [6.45, 7) is 0. The van der Waals surface area contributed by atoms with Gasteiger partial charge in [0.1, 0.15) is 5.75 Å². The molecule has 0 bridgehead atoms. The molecule has 6 nitrogen and oxygen atoms in total. The number of thiophene rings is 1. The first-order chi connectivity index (χ1) is 14.8. The van der Waals surface area contributed by atoms with E-state index >= 15 is 0 Å². The van der Waals surface area contributed by atoms with E-state index < -0.39 is 10.0 Å². The molecule has 0 spiro atoms. The molecular weight excluding hydrogens is 432 g/mol. The number of nitrogens with zero attached hydrogens (tertiary/aromatic N) is 1. The van der Waals surface area contributed by atoms with Crippen molar-refractivity contribution in [1.29, 1.82) is 0 Å². The number of anilines is 2. The van der Waals surface area contributed by atoms with Crippen molar-refractivity contribution in [2.45, 2.75) is 0 Å². The lowest BCUT2D eigenvalue weighted by molar-refractivity contribution is 0.103. The topological polar surface area (TPSA) is 75.7 Å². The van der Waals surface area contributed by atoms with Crippen LogP contribution in [0.25, 0.3) is 10.1 Å². The van der Waals surface area contributed by atoms with Crippen LogP contribution in [0.1, 0.15) is 9.67 Å². The molecular formula is C23H20N2O4S2. The molecule has 1 amide bonds. The monoisotopic (exact) mass is 452 g/mol. The number of fused-ring (bicyclic) bond motifs is 1. The fourth-order valence-corrected chi connectivity index (χ4v) is 4.42. The molecule has 0 fully saturated rings. The second kappa shape index (κ2) is 8.41. The summed E-state index contributed by atoms with van der Waals surface area (Å²) < 4.78 is 31.6. The number of amides is 1. The zero-order valence-electron chi connectivity index (χ0n) is 16.9. The minimum absolute atomic E-state index is 0.261. The Kier molecular flexibility index (Phi) is 5.67. The molecule has 4 rings (SSSR count). The highest BCUT2D eigenvalue weighted by atomic mass is 32.2. The van der Waals surface area contributed by atoms with Gasteiger partial charge in [-0.15, -0.1) is 11.3 Å². The molecule has 1 N–H and O–H groups in total. The van der Waals surface area contributed by atoms with Gasteiger partial charge in [-0.3, -0.25) is 9.10 Å². The van der Waals surface area contributed by atoms with Crippen LogP contribution in [-0.2, 0) is 10.0 Å². The average Bonchev–Trinajstić information content (AvgIpc) is 3.18. The Bertz CT molecular complexity index is 1350. The molecule has 0 saturated carbocycles. The number of carbonyl (C=O) groups is 1. The molecule has 0 aliphatic heterocycles. The van der Waals surface area contributed by atoms with Gasteiger partial charge in [-0.2, -0.15) is 0 Å². The lowest BCUT2D eigenvalue weighted by Crippen LogP contribution is -2.24. The lowest BCUT2D eigenvalue weighted by Gasteiger charge is -2.16. The highest BCUT2D eigenvalue weighted by molar-refractivity contribution is 7.92. The molecule has 158 valence electrons. The molecule has 0 aliphatic carbocycles. The van der Waals surface area contributed by atoms with Crippen LogP contribution in [0.4, 0.5) is 11.4 Å². The Morgan fingerprint density at radius 3 is 2.42 bits per heavy atom. The maximum absolute atomic E-state index is 12.9. The van der Waals surface area contributed by atoms with Gasteiger partial charge >= 0.3 is 0 Å². The van der Waals surface area contributed by atoms with E-state index in [0.29, 0.717) is 27.8 Å². The second-order valence-corrected chi connectivity index (χ2v) is 10.0.